The maximum atomic E-state index is 3.52. The highest BCUT2D eigenvalue weighted by molar-refractivity contribution is 5.19. The average molecular weight is 260 g/mol. The molecule has 0 saturated carbocycles. The Kier molecular flexibility index (Phi) is 5.00. The molecule has 2 heteroatoms. The zero-order valence-electron chi connectivity index (χ0n) is 12.7. The topological polar surface area (TPSA) is 15.3 Å². The van der Waals surface area contributed by atoms with Gasteiger partial charge in [-0.1, -0.05) is 51.1 Å². The largest absolute Gasteiger partial charge is 0.315 e. The first-order chi connectivity index (χ1) is 9.12. The van der Waals surface area contributed by atoms with Crippen LogP contribution in [0, 0.1) is 5.41 Å². The first-order valence-corrected chi connectivity index (χ1v) is 7.62. The fourth-order valence-corrected chi connectivity index (χ4v) is 2.86. The van der Waals surface area contributed by atoms with Crippen molar-refractivity contribution >= 4 is 0 Å². The van der Waals surface area contributed by atoms with Crippen LogP contribution in [0.15, 0.2) is 30.3 Å². The number of likely N-dealkylation sites (N-methyl/N-ethyl adjacent to an activating group) is 1. The summed E-state index contributed by atoms with van der Waals surface area (Å²) in [4.78, 5) is 2.66. The van der Waals surface area contributed by atoms with E-state index in [0.717, 1.165) is 13.1 Å². The highest BCUT2D eigenvalue weighted by Gasteiger charge is 2.29. The second kappa shape index (κ2) is 6.53. The third-order valence-corrected chi connectivity index (χ3v) is 4.36. The molecule has 0 aromatic heterocycles. The van der Waals surface area contributed by atoms with E-state index in [0.29, 0.717) is 11.5 Å². The summed E-state index contributed by atoms with van der Waals surface area (Å²) in [7, 11) is 0. The van der Waals surface area contributed by atoms with E-state index in [1.807, 2.05) is 0 Å². The smallest absolute Gasteiger partial charge is 0.0472 e. The van der Waals surface area contributed by atoms with Crippen molar-refractivity contribution in [1.82, 2.24) is 10.2 Å². The van der Waals surface area contributed by atoms with Crippen molar-refractivity contribution in [3.8, 4) is 0 Å². The van der Waals surface area contributed by atoms with Gasteiger partial charge in [0.25, 0.3) is 0 Å². The first-order valence-electron chi connectivity index (χ1n) is 7.62. The summed E-state index contributed by atoms with van der Waals surface area (Å²) in [5.74, 6) is 0. The molecule has 1 aliphatic rings. The van der Waals surface area contributed by atoms with Gasteiger partial charge in [0.2, 0.25) is 0 Å². The second-order valence-corrected chi connectivity index (χ2v) is 6.43. The lowest BCUT2D eigenvalue weighted by molar-refractivity contribution is 0.0929. The van der Waals surface area contributed by atoms with Gasteiger partial charge >= 0.3 is 0 Å². The minimum absolute atomic E-state index is 0.524. The molecular weight excluding hydrogens is 232 g/mol. The Morgan fingerprint density at radius 2 is 1.79 bits per heavy atom. The molecule has 19 heavy (non-hydrogen) atoms. The Hall–Kier alpha value is -0.860. The predicted octanol–water partition coefficient (Wildman–Crippen LogP) is 3.46. The molecule has 1 heterocycles. The average Bonchev–Trinajstić information content (AvgIpc) is 2.42. The molecule has 1 unspecified atom stereocenters. The van der Waals surface area contributed by atoms with Crippen LogP contribution in [0.2, 0.25) is 0 Å². The van der Waals surface area contributed by atoms with Crippen LogP contribution in [0.1, 0.15) is 45.2 Å². The fraction of sp³-hybridized carbons (Fsp3) is 0.647. The fourth-order valence-electron chi connectivity index (χ4n) is 2.86. The molecule has 1 atom stereocenters. The van der Waals surface area contributed by atoms with Gasteiger partial charge in [0, 0.05) is 12.6 Å². The third-order valence-electron chi connectivity index (χ3n) is 4.36. The zero-order chi connectivity index (χ0) is 13.7. The SMILES string of the molecule is CCNCC(c1ccccc1)N1CCC(C)(C)CC1. The van der Waals surface area contributed by atoms with Gasteiger partial charge in [0.1, 0.15) is 0 Å². The van der Waals surface area contributed by atoms with Gasteiger partial charge in [-0.2, -0.15) is 0 Å². The number of nitrogens with one attached hydrogen (secondary N) is 1. The van der Waals surface area contributed by atoms with Crippen LogP contribution in [-0.2, 0) is 0 Å². The van der Waals surface area contributed by atoms with Gasteiger partial charge in [-0.05, 0) is 43.5 Å². The highest BCUT2D eigenvalue weighted by Crippen LogP contribution is 2.33. The second-order valence-electron chi connectivity index (χ2n) is 6.43. The number of benzene rings is 1. The van der Waals surface area contributed by atoms with E-state index in [1.165, 1.54) is 31.5 Å². The summed E-state index contributed by atoms with van der Waals surface area (Å²) in [6.07, 6.45) is 2.62. The van der Waals surface area contributed by atoms with Crippen molar-refractivity contribution in [3.05, 3.63) is 35.9 Å². The molecule has 0 amide bonds. The summed E-state index contributed by atoms with van der Waals surface area (Å²) in [5.41, 5.74) is 1.97. The predicted molar refractivity (Wildman–Crippen MR) is 82.3 cm³/mol. The van der Waals surface area contributed by atoms with Crippen molar-refractivity contribution in [1.29, 1.82) is 0 Å². The van der Waals surface area contributed by atoms with Crippen molar-refractivity contribution in [2.24, 2.45) is 5.41 Å². The van der Waals surface area contributed by atoms with Crippen molar-refractivity contribution < 1.29 is 0 Å². The van der Waals surface area contributed by atoms with Crippen LogP contribution >= 0.6 is 0 Å². The summed E-state index contributed by atoms with van der Waals surface area (Å²) in [5, 5.41) is 3.52. The van der Waals surface area contributed by atoms with Gasteiger partial charge in [-0.15, -0.1) is 0 Å². The van der Waals surface area contributed by atoms with E-state index in [1.54, 1.807) is 0 Å². The van der Waals surface area contributed by atoms with Crippen molar-refractivity contribution in [3.63, 3.8) is 0 Å². The van der Waals surface area contributed by atoms with Crippen molar-refractivity contribution in [2.75, 3.05) is 26.2 Å². The normalized spacial score (nSPS) is 21.2. The van der Waals surface area contributed by atoms with Crippen LogP contribution in [0.25, 0.3) is 0 Å². The van der Waals surface area contributed by atoms with Crippen LogP contribution in [0.4, 0.5) is 0 Å². The number of hydrogen-bond donors (Lipinski definition) is 1. The standard InChI is InChI=1S/C17H28N2/c1-4-18-14-16(15-8-6-5-7-9-15)19-12-10-17(2,3)11-13-19/h5-9,16,18H,4,10-14H2,1-3H3. The zero-order valence-corrected chi connectivity index (χ0v) is 12.7. The van der Waals surface area contributed by atoms with Gasteiger partial charge in [0.15, 0.2) is 0 Å². The Labute approximate surface area is 118 Å². The molecule has 106 valence electrons. The number of likely N-dealkylation sites (tertiary alicyclic amines) is 1. The summed E-state index contributed by atoms with van der Waals surface area (Å²) >= 11 is 0. The third kappa shape index (κ3) is 4.05. The molecule has 2 rings (SSSR count). The highest BCUT2D eigenvalue weighted by atomic mass is 15.2. The van der Waals surface area contributed by atoms with E-state index in [2.05, 4.69) is 61.3 Å². The maximum Gasteiger partial charge on any atom is 0.0472 e. The Bertz CT molecular complexity index is 362. The van der Waals surface area contributed by atoms with E-state index in [4.69, 9.17) is 0 Å². The molecule has 1 N–H and O–H groups in total. The lowest BCUT2D eigenvalue weighted by Gasteiger charge is -2.41. The number of nitrogens with zero attached hydrogens (tertiary/aromatic N) is 1. The van der Waals surface area contributed by atoms with Gasteiger partial charge in [-0.3, -0.25) is 4.90 Å². The first kappa shape index (κ1) is 14.5. The molecular formula is C17H28N2. The Morgan fingerprint density at radius 1 is 1.16 bits per heavy atom. The number of rotatable bonds is 5. The molecule has 0 bridgehead atoms. The Morgan fingerprint density at radius 3 is 2.37 bits per heavy atom. The number of hydrogen-bond acceptors (Lipinski definition) is 2. The summed E-state index contributed by atoms with van der Waals surface area (Å²) in [6, 6.07) is 11.5. The van der Waals surface area contributed by atoms with Crippen LogP contribution in [0.5, 0.6) is 0 Å². The molecule has 0 radical (unpaired) electrons. The van der Waals surface area contributed by atoms with E-state index < -0.39 is 0 Å². The lowest BCUT2D eigenvalue weighted by Crippen LogP contribution is -2.43. The molecule has 1 saturated heterocycles. The summed E-state index contributed by atoms with van der Waals surface area (Å²) < 4.78 is 0. The molecule has 1 fully saturated rings. The van der Waals surface area contributed by atoms with Crippen molar-refractivity contribution in [2.45, 2.75) is 39.7 Å². The minimum atomic E-state index is 0.524. The van der Waals surface area contributed by atoms with E-state index in [9.17, 15) is 0 Å². The van der Waals surface area contributed by atoms with Crippen LogP contribution < -0.4 is 5.32 Å². The molecule has 1 aromatic carbocycles. The quantitative estimate of drug-likeness (QED) is 0.872. The van der Waals surface area contributed by atoms with Crippen LogP contribution in [0.3, 0.4) is 0 Å². The van der Waals surface area contributed by atoms with E-state index >= 15 is 0 Å². The lowest BCUT2D eigenvalue weighted by atomic mass is 9.82. The minimum Gasteiger partial charge on any atom is -0.315 e. The van der Waals surface area contributed by atoms with E-state index in [-0.39, 0.29) is 0 Å². The Balaban J connectivity index is 2.06. The molecule has 1 aromatic rings. The summed E-state index contributed by atoms with van der Waals surface area (Å²) in [6.45, 7) is 11.5. The molecule has 0 spiro atoms. The molecule has 0 aliphatic carbocycles. The maximum absolute atomic E-state index is 3.52. The van der Waals surface area contributed by atoms with Gasteiger partial charge in [0.05, 0.1) is 0 Å². The monoisotopic (exact) mass is 260 g/mol. The number of piperidine rings is 1. The van der Waals surface area contributed by atoms with Gasteiger partial charge in [-0.25, -0.2) is 0 Å². The van der Waals surface area contributed by atoms with Crippen LogP contribution in [-0.4, -0.2) is 31.1 Å². The molecule has 1 aliphatic heterocycles. The van der Waals surface area contributed by atoms with Gasteiger partial charge < -0.3 is 5.32 Å². The molecule has 2 nitrogen and oxygen atoms in total.